The first-order valence-electron chi connectivity index (χ1n) is 6.86. The van der Waals surface area contributed by atoms with Crippen LogP contribution in [0.3, 0.4) is 0 Å². The molecule has 0 bridgehead atoms. The highest BCUT2D eigenvalue weighted by molar-refractivity contribution is 5.63. The summed E-state index contributed by atoms with van der Waals surface area (Å²) in [5, 5.41) is 0. The molecule has 0 radical (unpaired) electrons. The number of hydrogen-bond acceptors (Lipinski definition) is 2. The molecule has 0 aliphatic heterocycles. The first kappa shape index (κ1) is 16.3. The van der Waals surface area contributed by atoms with Crippen molar-refractivity contribution in [3.05, 3.63) is 58.0 Å². The molecular weight excluding hydrogens is 293 g/mol. The van der Waals surface area contributed by atoms with E-state index in [9.17, 15) is 18.0 Å². The van der Waals surface area contributed by atoms with E-state index < -0.39 is 11.7 Å². The minimum Gasteiger partial charge on any atom is -0.326 e. The van der Waals surface area contributed by atoms with Crippen LogP contribution in [0.1, 0.15) is 31.0 Å². The maximum absolute atomic E-state index is 12.6. The SMILES string of the molecule is CC(C)n1cc(-c2ccc(C(F)(F)F)cc2)cc(CN)c1=O. The van der Waals surface area contributed by atoms with Gasteiger partial charge < -0.3 is 10.3 Å². The van der Waals surface area contributed by atoms with Gasteiger partial charge >= 0.3 is 6.18 Å². The van der Waals surface area contributed by atoms with Crippen molar-refractivity contribution < 1.29 is 13.2 Å². The summed E-state index contributed by atoms with van der Waals surface area (Å²) in [5.41, 5.74) is 6.42. The summed E-state index contributed by atoms with van der Waals surface area (Å²) in [6.07, 6.45) is -2.72. The Balaban J connectivity index is 2.53. The molecule has 0 saturated heterocycles. The summed E-state index contributed by atoms with van der Waals surface area (Å²) in [5.74, 6) is 0. The highest BCUT2D eigenvalue weighted by Gasteiger charge is 2.30. The Morgan fingerprint density at radius 1 is 1.14 bits per heavy atom. The third-order valence-corrected chi connectivity index (χ3v) is 3.44. The van der Waals surface area contributed by atoms with E-state index in [1.54, 1.807) is 12.3 Å². The van der Waals surface area contributed by atoms with Crippen molar-refractivity contribution in [3.8, 4) is 11.1 Å². The molecule has 0 aliphatic carbocycles. The lowest BCUT2D eigenvalue weighted by Crippen LogP contribution is -2.26. The molecule has 0 saturated carbocycles. The first-order chi connectivity index (χ1) is 10.2. The fourth-order valence-corrected chi connectivity index (χ4v) is 2.20. The second kappa shape index (κ2) is 5.96. The molecule has 1 aromatic carbocycles. The minimum absolute atomic E-state index is 0.0628. The average molecular weight is 310 g/mol. The fraction of sp³-hybridized carbons (Fsp3) is 0.312. The van der Waals surface area contributed by atoms with Gasteiger partial charge in [-0.3, -0.25) is 4.79 Å². The van der Waals surface area contributed by atoms with Gasteiger partial charge in [-0.2, -0.15) is 13.2 Å². The van der Waals surface area contributed by atoms with Gasteiger partial charge in [-0.1, -0.05) is 12.1 Å². The summed E-state index contributed by atoms with van der Waals surface area (Å²) in [6.45, 7) is 3.80. The van der Waals surface area contributed by atoms with Gasteiger partial charge in [-0.05, 0) is 43.2 Å². The number of aromatic nitrogens is 1. The zero-order valence-corrected chi connectivity index (χ0v) is 12.3. The van der Waals surface area contributed by atoms with E-state index in [-0.39, 0.29) is 18.1 Å². The average Bonchev–Trinajstić information content (AvgIpc) is 2.46. The molecule has 1 heterocycles. The summed E-state index contributed by atoms with van der Waals surface area (Å²) in [6, 6.07) is 6.42. The van der Waals surface area contributed by atoms with Crippen LogP contribution in [0.2, 0.25) is 0 Å². The number of benzene rings is 1. The Labute approximate surface area is 126 Å². The van der Waals surface area contributed by atoms with E-state index in [1.807, 2.05) is 13.8 Å². The van der Waals surface area contributed by atoms with Crippen molar-refractivity contribution in [2.24, 2.45) is 5.73 Å². The maximum atomic E-state index is 12.6. The van der Waals surface area contributed by atoms with Crippen LogP contribution in [0, 0.1) is 0 Å². The van der Waals surface area contributed by atoms with Crippen molar-refractivity contribution in [3.63, 3.8) is 0 Å². The number of rotatable bonds is 3. The quantitative estimate of drug-likeness (QED) is 0.942. The molecule has 2 N–H and O–H groups in total. The predicted octanol–water partition coefficient (Wildman–Crippen LogP) is 3.57. The maximum Gasteiger partial charge on any atom is 0.416 e. The van der Waals surface area contributed by atoms with Gasteiger partial charge in [0.2, 0.25) is 0 Å². The largest absolute Gasteiger partial charge is 0.416 e. The molecule has 0 spiro atoms. The van der Waals surface area contributed by atoms with Crippen molar-refractivity contribution in [2.45, 2.75) is 32.6 Å². The van der Waals surface area contributed by atoms with Crippen LogP contribution in [-0.2, 0) is 12.7 Å². The molecule has 0 aliphatic rings. The highest BCUT2D eigenvalue weighted by Crippen LogP contribution is 2.31. The Hall–Kier alpha value is -2.08. The molecule has 0 fully saturated rings. The van der Waals surface area contributed by atoms with E-state index in [0.29, 0.717) is 16.7 Å². The Bertz CT molecular complexity index is 716. The van der Waals surface area contributed by atoms with E-state index in [2.05, 4.69) is 0 Å². The number of hydrogen-bond donors (Lipinski definition) is 1. The summed E-state index contributed by atoms with van der Waals surface area (Å²) >= 11 is 0. The lowest BCUT2D eigenvalue weighted by molar-refractivity contribution is -0.137. The molecule has 1 aromatic heterocycles. The van der Waals surface area contributed by atoms with Crippen molar-refractivity contribution in [2.75, 3.05) is 0 Å². The molecule has 6 heteroatoms. The van der Waals surface area contributed by atoms with Crippen LogP contribution in [-0.4, -0.2) is 4.57 Å². The molecule has 0 atom stereocenters. The molecule has 2 aromatic rings. The monoisotopic (exact) mass is 310 g/mol. The number of halogens is 3. The van der Waals surface area contributed by atoms with Gasteiger partial charge in [0.1, 0.15) is 0 Å². The summed E-state index contributed by atoms with van der Waals surface area (Å²) in [7, 11) is 0. The third kappa shape index (κ3) is 3.22. The van der Waals surface area contributed by atoms with Gasteiger partial charge in [-0.25, -0.2) is 0 Å². The first-order valence-corrected chi connectivity index (χ1v) is 6.86. The summed E-state index contributed by atoms with van der Waals surface area (Å²) in [4.78, 5) is 12.1. The number of nitrogens with zero attached hydrogens (tertiary/aromatic N) is 1. The smallest absolute Gasteiger partial charge is 0.326 e. The molecule has 3 nitrogen and oxygen atoms in total. The molecule has 118 valence electrons. The third-order valence-electron chi connectivity index (χ3n) is 3.44. The second-order valence-electron chi connectivity index (χ2n) is 5.34. The van der Waals surface area contributed by atoms with E-state index in [0.717, 1.165) is 12.1 Å². The van der Waals surface area contributed by atoms with E-state index >= 15 is 0 Å². The molecule has 0 unspecified atom stereocenters. The number of pyridine rings is 1. The van der Waals surface area contributed by atoms with Crippen molar-refractivity contribution in [1.29, 1.82) is 0 Å². The predicted molar refractivity (Wildman–Crippen MR) is 79.4 cm³/mol. The van der Waals surface area contributed by atoms with E-state index in [4.69, 9.17) is 5.73 Å². The molecular formula is C16H17F3N2O. The lowest BCUT2D eigenvalue weighted by Gasteiger charge is -2.15. The lowest BCUT2D eigenvalue weighted by atomic mass is 10.0. The van der Waals surface area contributed by atoms with Crippen LogP contribution in [0.15, 0.2) is 41.3 Å². The van der Waals surface area contributed by atoms with Crippen LogP contribution in [0.4, 0.5) is 13.2 Å². The van der Waals surface area contributed by atoms with Crippen LogP contribution in [0.5, 0.6) is 0 Å². The number of alkyl halides is 3. The minimum atomic E-state index is -4.36. The molecule has 22 heavy (non-hydrogen) atoms. The van der Waals surface area contributed by atoms with Gasteiger partial charge in [0.25, 0.3) is 5.56 Å². The van der Waals surface area contributed by atoms with Gasteiger partial charge in [0.15, 0.2) is 0 Å². The standard InChI is InChI=1S/C16H17F3N2O/c1-10(2)21-9-13(7-12(8-20)15(21)22)11-3-5-14(6-4-11)16(17,18)19/h3-7,9-10H,8,20H2,1-2H3. The van der Waals surface area contributed by atoms with Crippen molar-refractivity contribution in [1.82, 2.24) is 4.57 Å². The summed E-state index contributed by atoms with van der Waals surface area (Å²) < 4.78 is 39.3. The van der Waals surface area contributed by atoms with E-state index in [1.165, 1.54) is 16.7 Å². The van der Waals surface area contributed by atoms with Crippen LogP contribution in [0.25, 0.3) is 11.1 Å². The topological polar surface area (TPSA) is 48.0 Å². The number of nitrogens with two attached hydrogens (primary N) is 1. The van der Waals surface area contributed by atoms with Crippen molar-refractivity contribution >= 4 is 0 Å². The van der Waals surface area contributed by atoms with Crippen LogP contribution < -0.4 is 11.3 Å². The fourth-order valence-electron chi connectivity index (χ4n) is 2.20. The molecule has 2 rings (SSSR count). The Kier molecular flexibility index (Phi) is 4.42. The molecule has 0 amide bonds. The Morgan fingerprint density at radius 2 is 1.73 bits per heavy atom. The zero-order chi connectivity index (χ0) is 16.5. The van der Waals surface area contributed by atoms with Gasteiger partial charge in [-0.15, -0.1) is 0 Å². The van der Waals surface area contributed by atoms with Gasteiger partial charge in [0.05, 0.1) is 5.56 Å². The second-order valence-corrected chi connectivity index (χ2v) is 5.34. The zero-order valence-electron chi connectivity index (χ0n) is 12.3. The Morgan fingerprint density at radius 3 is 2.18 bits per heavy atom. The van der Waals surface area contributed by atoms with Gasteiger partial charge in [0, 0.05) is 24.3 Å². The highest BCUT2D eigenvalue weighted by atomic mass is 19.4. The normalized spacial score (nSPS) is 12.0. The van der Waals surface area contributed by atoms with Crippen LogP contribution >= 0.6 is 0 Å².